The van der Waals surface area contributed by atoms with E-state index in [1.54, 1.807) is 0 Å². The Hall–Kier alpha value is 0.625. The summed E-state index contributed by atoms with van der Waals surface area (Å²) < 4.78 is 6.54. The molecule has 0 saturated heterocycles. The molecule has 2 fully saturated rings. The summed E-state index contributed by atoms with van der Waals surface area (Å²) in [5, 5.41) is 0. The molecule has 0 bridgehead atoms. The molecule has 3 rings (SSSR count). The second-order valence-corrected chi connectivity index (χ2v) is 21.1. The third-order valence-corrected chi connectivity index (χ3v) is 23.0. The monoisotopic (exact) mass is 612 g/mol. The zero-order valence-corrected chi connectivity index (χ0v) is 24.6. The molecule has 0 aromatic carbocycles. The van der Waals surface area contributed by atoms with Gasteiger partial charge in [0.25, 0.3) is 0 Å². The maximum absolute atomic E-state index is 11.5. The van der Waals surface area contributed by atoms with Crippen LogP contribution in [0.15, 0.2) is 11.6 Å². The number of carbonyl (C=O) groups excluding carboxylic acids is 1. The van der Waals surface area contributed by atoms with E-state index in [0.717, 1.165) is 9.34 Å². The van der Waals surface area contributed by atoms with E-state index in [9.17, 15) is 4.79 Å². The average molecular weight is 612 g/mol. The van der Waals surface area contributed by atoms with Crippen molar-refractivity contribution in [1.82, 2.24) is 0 Å². The van der Waals surface area contributed by atoms with E-state index in [1.165, 1.54) is 44.6 Å². The zero-order chi connectivity index (χ0) is 19.3. The van der Waals surface area contributed by atoms with Crippen LogP contribution in [0.2, 0.25) is 3.43 Å². The number of esters is 1. The average Bonchev–Trinajstić information content (AvgIpc) is 2.53. The number of hydrogen-bond acceptors (Lipinski definition) is 2. The van der Waals surface area contributed by atoms with Gasteiger partial charge in [-0.25, -0.2) is 0 Å². The third kappa shape index (κ3) is 3.29. The Morgan fingerprint density at radius 1 is 1.19 bits per heavy atom. The van der Waals surface area contributed by atoms with E-state index in [0.29, 0.717) is 29.3 Å². The zero-order valence-electron chi connectivity index (χ0n) is 17.5. The van der Waals surface area contributed by atoms with Crippen molar-refractivity contribution in [1.29, 1.82) is 0 Å². The van der Waals surface area contributed by atoms with E-state index in [-0.39, 0.29) is 11.4 Å². The molecular weight excluding hydrogens is 577 g/mol. The van der Waals surface area contributed by atoms with Gasteiger partial charge in [-0.05, 0) is 0 Å². The molecule has 2 nitrogen and oxygen atoms in total. The third-order valence-electron chi connectivity index (χ3n) is 9.00. The van der Waals surface area contributed by atoms with Gasteiger partial charge >= 0.3 is 179 Å². The van der Waals surface area contributed by atoms with Gasteiger partial charge in [-0.1, -0.05) is 0 Å². The Balaban J connectivity index is 1.95. The number of halogens is 1. The van der Waals surface area contributed by atoms with Gasteiger partial charge in [-0.15, -0.1) is 0 Å². The molecule has 0 spiro atoms. The summed E-state index contributed by atoms with van der Waals surface area (Å²) >= 11 is 3.11. The molecule has 0 heterocycles. The van der Waals surface area contributed by atoms with Crippen LogP contribution in [0, 0.1) is 34.0 Å². The minimum absolute atomic E-state index is 0.143. The molecule has 3 aliphatic rings. The Morgan fingerprint density at radius 3 is 2.46 bits per heavy atom. The quantitative estimate of drug-likeness (QED) is 0.205. The molecule has 3 aliphatic carbocycles. The first-order valence-corrected chi connectivity index (χ1v) is 25.5. The van der Waals surface area contributed by atoms with Crippen LogP contribution in [0.4, 0.5) is 0 Å². The predicted octanol–water partition coefficient (Wildman–Crippen LogP) is 6.56. The van der Waals surface area contributed by atoms with Gasteiger partial charge in [0, 0.05) is 0 Å². The van der Waals surface area contributed by atoms with Gasteiger partial charge in [0.1, 0.15) is 0 Å². The second-order valence-electron chi connectivity index (χ2n) is 10.4. The molecule has 0 aromatic heterocycles. The van der Waals surface area contributed by atoms with Gasteiger partial charge in [-0.2, -0.15) is 0 Å². The fourth-order valence-corrected chi connectivity index (χ4v) is 21.6. The van der Waals surface area contributed by atoms with E-state index in [4.69, 9.17) is 4.74 Å². The first-order chi connectivity index (χ1) is 12.1. The predicted molar refractivity (Wildman–Crippen MR) is 107 cm³/mol. The van der Waals surface area contributed by atoms with Crippen molar-refractivity contribution in [3.8, 4) is 0 Å². The van der Waals surface area contributed by atoms with Crippen LogP contribution in [0.1, 0.15) is 73.6 Å². The maximum atomic E-state index is 11.5. The molecule has 0 unspecified atom stereocenters. The SMILES string of the molecule is CC(=O)OC[C@H]1C(C)=CC[C@H]2[C@]3(C)CC[C@@H]([Hg][Br])C(C)(C)[C@H]3CC[C@@]21C. The number of ether oxygens (including phenoxy) is 1. The first-order valence-electron chi connectivity index (χ1n) is 10.4. The van der Waals surface area contributed by atoms with Crippen LogP contribution in [0.5, 0.6) is 0 Å². The van der Waals surface area contributed by atoms with Crippen LogP contribution in [0.3, 0.4) is 0 Å². The Kier molecular flexibility index (Phi) is 6.13. The van der Waals surface area contributed by atoms with Crippen molar-refractivity contribution in [2.75, 3.05) is 6.61 Å². The van der Waals surface area contributed by atoms with E-state index in [1.807, 2.05) is 0 Å². The molecule has 0 aromatic rings. The van der Waals surface area contributed by atoms with Crippen LogP contribution >= 0.6 is 11.9 Å². The summed E-state index contributed by atoms with van der Waals surface area (Å²) in [6, 6.07) is 0. The molecule has 2 saturated carbocycles. The van der Waals surface area contributed by atoms with Crippen LogP contribution in [-0.2, 0) is 31.7 Å². The van der Waals surface area contributed by atoms with Crippen molar-refractivity contribution in [3.05, 3.63) is 11.6 Å². The van der Waals surface area contributed by atoms with E-state index >= 15 is 0 Å². The van der Waals surface area contributed by atoms with Crippen LogP contribution in [0.25, 0.3) is 0 Å². The van der Waals surface area contributed by atoms with Gasteiger partial charge in [0.05, 0.1) is 0 Å². The summed E-state index contributed by atoms with van der Waals surface area (Å²) in [6.07, 6.45) is 9.13. The van der Waals surface area contributed by atoms with E-state index in [2.05, 4.69) is 52.6 Å². The van der Waals surface area contributed by atoms with Crippen molar-refractivity contribution >= 4 is 17.9 Å². The summed E-state index contributed by atoms with van der Waals surface area (Å²) in [7, 11) is 0. The molecule has 0 aliphatic heterocycles. The van der Waals surface area contributed by atoms with Crippen LogP contribution in [-0.4, -0.2) is 12.6 Å². The molecule has 144 valence electrons. The second kappa shape index (κ2) is 7.46. The fourth-order valence-electron chi connectivity index (χ4n) is 7.39. The molecule has 0 radical (unpaired) electrons. The van der Waals surface area contributed by atoms with Crippen molar-refractivity contribution < 1.29 is 31.7 Å². The molecule has 0 N–H and O–H groups in total. The minimum atomic E-state index is -0.908. The Morgan fingerprint density at radius 2 is 1.85 bits per heavy atom. The number of allylic oxidation sites excluding steroid dienone is 1. The topological polar surface area (TPSA) is 26.3 Å². The van der Waals surface area contributed by atoms with Gasteiger partial charge in [-0.3, -0.25) is 0 Å². The summed E-state index contributed by atoms with van der Waals surface area (Å²) in [5.41, 5.74) is 2.62. The first kappa shape index (κ1) is 21.3. The number of fused-ring (bicyclic) bond motifs is 3. The molecule has 4 heteroatoms. The molecule has 26 heavy (non-hydrogen) atoms. The van der Waals surface area contributed by atoms with E-state index < -0.39 is 22.1 Å². The van der Waals surface area contributed by atoms with Gasteiger partial charge < -0.3 is 0 Å². The van der Waals surface area contributed by atoms with Crippen LogP contribution < -0.4 is 0 Å². The van der Waals surface area contributed by atoms with Crippen molar-refractivity contribution in [2.24, 2.45) is 34.0 Å². The number of hydrogen-bond donors (Lipinski definition) is 0. The van der Waals surface area contributed by atoms with Gasteiger partial charge in [0.2, 0.25) is 0 Å². The van der Waals surface area contributed by atoms with Crippen molar-refractivity contribution in [2.45, 2.75) is 77.1 Å². The molecule has 0 amide bonds. The fraction of sp³-hybridized carbons (Fsp3) is 0.864. The standard InChI is InChI=1S/C22H35O2.BrH.Hg/c1-15-8-9-19-21(5,17(15)14-24-16(2)23)13-10-18-20(3,4)11-7-12-22(18,19)6;;/h8,11,17-19H,7,9-10,12-14H2,1-6H3;1H;/q;;+1/p-1/t17-,18+,19+,21+,22+;;/m0../s1. The van der Waals surface area contributed by atoms with Gasteiger partial charge in [0.15, 0.2) is 0 Å². The Labute approximate surface area is 178 Å². The summed E-state index contributed by atoms with van der Waals surface area (Å²) in [5.74, 6) is 1.80. The number of rotatable bonds is 3. The van der Waals surface area contributed by atoms with Crippen molar-refractivity contribution in [3.63, 3.8) is 0 Å². The molecule has 6 atom stereocenters. The number of carbonyl (C=O) groups is 1. The summed E-state index contributed by atoms with van der Waals surface area (Å²) in [4.78, 5) is 11.5. The normalized spacial score (nSPS) is 44.2. The molecular formula is C22H35BrHgO2. The Bertz CT molecular complexity index is 601. The summed E-state index contributed by atoms with van der Waals surface area (Å²) in [6.45, 7) is 14.6.